The molecule has 1 heterocycles. The number of ether oxygens (including phenoxy) is 5. The number of anilines is 1. The zero-order valence-electron chi connectivity index (χ0n) is 78.7. The number of methoxy groups -OCH3 is 4. The van der Waals surface area contributed by atoms with Gasteiger partial charge in [-0.3, -0.25) is 38.4 Å². The number of carbonyl (C=O) groups excluding carboxylic acids is 8. The van der Waals surface area contributed by atoms with Gasteiger partial charge in [-0.2, -0.15) is 5.90 Å². The molecule has 1 atom stereocenters. The average Bonchev–Trinajstić information content (AvgIpc) is 0.931. The summed E-state index contributed by atoms with van der Waals surface area (Å²) >= 11 is 16.6. The maximum absolute atomic E-state index is 12.2. The number of aliphatic carboxylic acids is 1. The Labute approximate surface area is 883 Å². The molecule has 2 amide bonds. The number of hydrogen-bond acceptors (Lipinski definition) is 28. The number of aliphatic hydroxyl groups excluding tert-OH is 1. The van der Waals surface area contributed by atoms with Crippen LogP contribution in [0.15, 0.2) is 106 Å². The van der Waals surface area contributed by atoms with Gasteiger partial charge in [0.05, 0.1) is 34.0 Å². The van der Waals surface area contributed by atoms with E-state index in [9.17, 15) is 47.9 Å². The third-order valence-corrected chi connectivity index (χ3v) is 18.7. The molecule has 4 aromatic rings. The zero-order chi connectivity index (χ0) is 96.8. The Bertz CT molecular complexity index is 3310. The van der Waals surface area contributed by atoms with E-state index < -0.39 is 32.2 Å². The minimum atomic E-state index is -1.67. The number of rotatable bonds is 39. The number of carboxylic acid groups (broad SMARTS) is 2. The van der Waals surface area contributed by atoms with Crippen molar-refractivity contribution in [2.24, 2.45) is 17.4 Å². The van der Waals surface area contributed by atoms with Gasteiger partial charge in [0.1, 0.15) is 5.78 Å². The third kappa shape index (κ3) is 124. The maximum Gasteiger partial charge on any atom is 2.00 e. The number of nitrogen functional groups attached to an aromatic ring is 1. The smallest absolute Gasteiger partial charge is 0.870 e. The van der Waals surface area contributed by atoms with Crippen LogP contribution < -0.4 is 33.7 Å². The van der Waals surface area contributed by atoms with E-state index in [1.807, 2.05) is 76.5 Å². The largest absolute Gasteiger partial charge is 2.00 e. The van der Waals surface area contributed by atoms with Gasteiger partial charge in [0, 0.05) is 138 Å². The molecule has 1 saturated carbocycles. The van der Waals surface area contributed by atoms with Crippen LogP contribution in [0, 0.1) is 13.8 Å². The fraction of sp³-hybridized carbons (Fsp3) is 0.622. The fourth-order valence-electron chi connectivity index (χ4n) is 10.5. The number of aryl methyl sites for hydroxylation is 2. The van der Waals surface area contributed by atoms with Gasteiger partial charge in [0.15, 0.2) is 17.9 Å². The van der Waals surface area contributed by atoms with Crippen molar-refractivity contribution in [3.8, 4) is 0 Å². The van der Waals surface area contributed by atoms with Crippen LogP contribution in [0.4, 0.5) is 10.5 Å². The molecule has 16 N–H and O–H groups in total. The topological polar surface area (TPSA) is 519 Å². The number of hydrogen-bond donors (Lipinski definition) is 10. The molecule has 0 spiro atoms. The number of esters is 4. The second kappa shape index (κ2) is 119. The number of aliphatic hydroxyl groups is 1. The average molecular weight is 2290 g/mol. The predicted molar refractivity (Wildman–Crippen MR) is 549 cm³/mol. The summed E-state index contributed by atoms with van der Waals surface area (Å²) in [4.78, 5) is 111. The summed E-state index contributed by atoms with van der Waals surface area (Å²) in [6.07, 6.45) is 35.1. The SMILES string of the molecule is C.CC(Cl)OC(=O)Cl.CNCCCCCCC(=O)OC.CO.COC(=O)CCCCCCN.COC(=O)CCCCCCN(C)C(=O)c1ccc(Br)cc1.COC(=O)CCCCCCN(C)Cc1ccccc1.Cc1cccc(C)c1N.Cl.Cl.NCCCCCCC(=O)O.NOSO.O=C(O)c1ccc(Br)cc1.O=C1CCCCCC1.O=C1CCCCCCN1.O=S(Cl)Cl.[Ba+2].[OH-].[OH-]. The minimum absolute atomic E-state index is 0. The Morgan fingerprint density at radius 2 is 0.902 bits per heavy atom. The Morgan fingerprint density at radius 3 is 1.23 bits per heavy atom. The molecule has 1 aliphatic carbocycles. The number of halogens is 8. The molecule has 4 aromatic carbocycles. The quantitative estimate of drug-likeness (QED) is 0.00189. The second-order valence-electron chi connectivity index (χ2n) is 28.0. The molecule has 1 aliphatic heterocycles. The van der Waals surface area contributed by atoms with E-state index in [0.29, 0.717) is 55.6 Å². The number of aromatic carboxylic acids is 1. The Hall–Kier alpha value is -4.05. The van der Waals surface area contributed by atoms with E-state index >= 15 is 0 Å². The molecule has 31 nitrogen and oxygen atoms in total. The molecule has 6 rings (SSSR count). The number of nitrogens with one attached hydrogen (secondary N) is 2. The van der Waals surface area contributed by atoms with Crippen molar-refractivity contribution in [1.82, 2.24) is 20.4 Å². The Balaban J connectivity index is -0.000000108. The van der Waals surface area contributed by atoms with Gasteiger partial charge < -0.3 is 92.1 Å². The number of carboxylic acids is 2. The van der Waals surface area contributed by atoms with Crippen molar-refractivity contribution < 1.29 is 111 Å². The minimum Gasteiger partial charge on any atom is -0.870 e. The van der Waals surface area contributed by atoms with Crippen LogP contribution in [0.3, 0.4) is 0 Å². The van der Waals surface area contributed by atoms with Gasteiger partial charge in [-0.25, -0.2) is 18.1 Å². The number of unbranched alkanes of at least 4 members (excludes halogenated alkanes) is 15. The number of para-hydroxylation sites is 1. The summed E-state index contributed by atoms with van der Waals surface area (Å²) in [5.41, 5.74) is 20.3. The Kier molecular flexibility index (Phi) is 141. The molecule has 42 heteroatoms. The van der Waals surface area contributed by atoms with Gasteiger partial charge >= 0.3 is 90.1 Å². The van der Waals surface area contributed by atoms with Gasteiger partial charge in [-0.15, -0.1) is 24.8 Å². The second-order valence-corrected chi connectivity index (χ2v) is 33.6. The first kappa shape index (κ1) is 156. The van der Waals surface area contributed by atoms with Crippen molar-refractivity contribution in [1.29, 1.82) is 0 Å². The number of benzene rings is 4. The molecule has 2 aliphatic rings. The standard InChI is InChI=1S/C16H22BrNO3.C16H25NO2.C9H19NO2.C8H17NO2.C8H11N.C7H5BrO2.C7H15NO2.C7H13NO.C7H12O.C3H4Cl2O2.CH4O.CH4.Ba.Cl2OS.2ClH.H3NO2S.2H2O/c1-18(12-6-4-3-5-7-15(19)21-2)16(20)13-8-10-14(17)11-9-13;1-17(14-15-10-6-5-7-11-15)13-9-4-3-8-12-16(18)19-2;1-10-8-6-4-3-5-7-9(11)12-2;1-11-8(10)6-4-2-3-5-7-9;1-6-4-3-5-7(2)8(6)9;8-6-3-1-5(2-4-6)7(9)10;8-6-4-2-1-3-5-7(9)10;9-7-5-3-1-2-4-6-8-7;8-7-5-3-1-2-4-6-7;1-2(4)7-3(5)6;1-2;;;1-4(2)3;;;1-3-4-2;;/h8-11H,3-7,12H2,1-2H3;5-7,10-11H,3-4,8-9,12-14H2,1-2H3;10H,3-8H2,1-2H3;2-7,9H2,1H3;3-5H,9H2,1-2H3;1-4H,(H,9,10);1-6,8H2,(H,9,10);1-6H2,(H,8,9);1-6H2;2H,1H3;2H,1H3;1H4;;;2*1H;2H,1H2;2*1H2/q;;;;;;;;;;;;+2;;;;;;/p-2. The third-order valence-electron chi connectivity index (χ3n) is 17.4. The van der Waals surface area contributed by atoms with Crippen LogP contribution >= 0.6 is 114 Å². The fourth-order valence-corrected chi connectivity index (χ4v) is 11.3. The molecule has 0 aromatic heterocycles. The molecule has 1 unspecified atom stereocenters. The molecule has 0 radical (unpaired) electrons. The van der Waals surface area contributed by atoms with E-state index in [1.165, 1.54) is 92.3 Å². The first-order valence-corrected chi connectivity index (χ1v) is 48.3. The number of Topliss-reactive ketones (excluding diaryl/α,β-unsaturated/α-hetero) is 1. The summed E-state index contributed by atoms with van der Waals surface area (Å²) in [5.74, 6) is 2.93. The van der Waals surface area contributed by atoms with Crippen LogP contribution in [0.1, 0.15) is 283 Å². The van der Waals surface area contributed by atoms with E-state index in [1.54, 1.807) is 29.2 Å². The normalized spacial score (nSPS) is 11.1. The summed E-state index contributed by atoms with van der Waals surface area (Å²) in [6.45, 7) is 11.8. The van der Waals surface area contributed by atoms with Crippen LogP contribution in [0.2, 0.25) is 0 Å². The van der Waals surface area contributed by atoms with E-state index in [4.69, 9.17) is 64.5 Å². The van der Waals surface area contributed by atoms with Crippen molar-refractivity contribution in [2.75, 3.05) is 102 Å². The van der Waals surface area contributed by atoms with Crippen LogP contribution in [-0.2, 0) is 77.3 Å². The van der Waals surface area contributed by atoms with Gasteiger partial charge in [-0.1, -0.05) is 189 Å². The number of alkyl halides is 1. The summed E-state index contributed by atoms with van der Waals surface area (Å²) < 4.78 is 44.3. The maximum atomic E-state index is 12.2. The summed E-state index contributed by atoms with van der Waals surface area (Å²) in [6, 6.07) is 30.4. The van der Waals surface area contributed by atoms with Crippen LogP contribution in [0.5, 0.6) is 0 Å². The first-order valence-electron chi connectivity index (χ1n) is 42.4. The molecular formula is C90H158BaBr2Cl6N8O23S2. The first-order chi connectivity index (χ1) is 60.1. The van der Waals surface area contributed by atoms with E-state index in [-0.39, 0.29) is 140 Å². The zero-order valence-corrected chi connectivity index (χ0v) is 92.6. The molecular weight excluding hydrogens is 2140 g/mol. The van der Waals surface area contributed by atoms with Gasteiger partial charge in [0.25, 0.3) is 5.91 Å². The monoisotopic (exact) mass is 2290 g/mol. The number of carbonyl (C=O) groups is 10. The molecule has 132 heavy (non-hydrogen) atoms. The number of amides is 2. The molecule has 766 valence electrons. The Morgan fingerprint density at radius 1 is 0.553 bits per heavy atom. The number of nitrogens with zero attached hydrogens (tertiary/aromatic N) is 2. The van der Waals surface area contributed by atoms with Crippen LogP contribution in [0.25, 0.3) is 0 Å². The van der Waals surface area contributed by atoms with Crippen molar-refractivity contribution in [3.63, 3.8) is 0 Å². The summed E-state index contributed by atoms with van der Waals surface area (Å²) in [5, 5.41) is 29.6. The summed E-state index contributed by atoms with van der Waals surface area (Å²) in [7, 11) is 20.0. The molecule has 0 bridgehead atoms. The van der Waals surface area contributed by atoms with E-state index in [0.717, 1.165) is 220 Å². The number of ketones is 1. The van der Waals surface area contributed by atoms with Crippen molar-refractivity contribution >= 4 is 236 Å². The molecule has 1 saturated heterocycles. The van der Waals surface area contributed by atoms with Crippen LogP contribution in [-0.4, -0.2) is 254 Å². The van der Waals surface area contributed by atoms with Crippen molar-refractivity contribution in [3.05, 3.63) is 134 Å². The van der Waals surface area contributed by atoms with E-state index in [2.05, 4.69) is 134 Å². The number of nitrogens with two attached hydrogens (primary N) is 4. The van der Waals surface area contributed by atoms with Gasteiger partial charge in [0.2, 0.25) is 15.1 Å². The van der Waals surface area contributed by atoms with Gasteiger partial charge in [-0.05, 0) is 216 Å². The predicted octanol–water partition coefficient (Wildman–Crippen LogP) is 20.6. The molecule has 2 fully saturated rings. The van der Waals surface area contributed by atoms with Crippen molar-refractivity contribution in [2.45, 2.75) is 271 Å².